The molecule has 2 heterocycles. The van der Waals surface area contributed by atoms with Crippen LogP contribution in [0.3, 0.4) is 0 Å². The van der Waals surface area contributed by atoms with E-state index in [-0.39, 0.29) is 0 Å². The maximum Gasteiger partial charge on any atom is 0.145 e. The number of aromatic nitrogens is 2. The second-order valence-electron chi connectivity index (χ2n) is 3.85. The van der Waals surface area contributed by atoms with Crippen LogP contribution in [0.2, 0.25) is 0 Å². The fourth-order valence-corrected chi connectivity index (χ4v) is 1.86. The Morgan fingerprint density at radius 2 is 2.50 bits per heavy atom. The van der Waals surface area contributed by atoms with E-state index in [9.17, 15) is 0 Å². The van der Waals surface area contributed by atoms with E-state index in [1.807, 2.05) is 6.07 Å². The first kappa shape index (κ1) is 9.52. The number of rotatable bonds is 3. The average Bonchev–Trinajstić information content (AvgIpc) is 2.63. The third kappa shape index (κ3) is 2.48. The fraction of sp³-hybridized carbons (Fsp3) is 0.700. The molecule has 1 saturated heterocycles. The molecule has 0 saturated carbocycles. The van der Waals surface area contributed by atoms with Crippen molar-refractivity contribution in [3.8, 4) is 0 Å². The minimum atomic E-state index is 0.438. The largest absolute Gasteiger partial charge is 0.382 e. The van der Waals surface area contributed by atoms with Crippen LogP contribution in [0.1, 0.15) is 31.4 Å². The van der Waals surface area contributed by atoms with Gasteiger partial charge in [0.1, 0.15) is 5.82 Å². The molecule has 14 heavy (non-hydrogen) atoms. The van der Waals surface area contributed by atoms with Crippen molar-refractivity contribution in [3.05, 3.63) is 11.8 Å². The predicted octanol–water partition coefficient (Wildman–Crippen LogP) is 1.49. The van der Waals surface area contributed by atoms with Gasteiger partial charge in [-0.15, -0.1) is 0 Å². The molecule has 4 heteroatoms. The molecule has 1 aliphatic rings. The molecule has 1 unspecified atom stereocenters. The highest BCUT2D eigenvalue weighted by molar-refractivity contribution is 5.28. The number of H-pyrrole nitrogens is 1. The van der Waals surface area contributed by atoms with Crippen molar-refractivity contribution in [3.63, 3.8) is 0 Å². The van der Waals surface area contributed by atoms with Crippen molar-refractivity contribution in [2.24, 2.45) is 0 Å². The Labute approximate surface area is 83.8 Å². The number of ether oxygens (including phenoxy) is 1. The molecule has 78 valence electrons. The summed E-state index contributed by atoms with van der Waals surface area (Å²) in [7, 11) is 0. The quantitative estimate of drug-likeness (QED) is 0.768. The van der Waals surface area contributed by atoms with Crippen LogP contribution in [0.4, 0.5) is 5.82 Å². The summed E-state index contributed by atoms with van der Waals surface area (Å²) >= 11 is 0. The van der Waals surface area contributed by atoms with Crippen LogP contribution < -0.4 is 5.73 Å². The number of nitrogen functional groups attached to an aromatic ring is 1. The fourth-order valence-electron chi connectivity index (χ4n) is 1.86. The molecular formula is C10H17N3O. The Morgan fingerprint density at radius 3 is 3.14 bits per heavy atom. The molecule has 0 bridgehead atoms. The standard InChI is InChI=1S/C10H17N3O/c11-10-7-8(12-13-10)4-5-9-3-1-2-6-14-9/h7,9H,1-6H2,(H3,11,12,13). The molecule has 1 atom stereocenters. The van der Waals surface area contributed by atoms with E-state index in [4.69, 9.17) is 10.5 Å². The molecule has 1 fully saturated rings. The third-order valence-electron chi connectivity index (χ3n) is 2.66. The van der Waals surface area contributed by atoms with Gasteiger partial charge >= 0.3 is 0 Å². The van der Waals surface area contributed by atoms with Crippen molar-refractivity contribution >= 4 is 5.82 Å². The highest BCUT2D eigenvalue weighted by Gasteiger charge is 2.13. The van der Waals surface area contributed by atoms with Crippen LogP contribution in [-0.4, -0.2) is 22.9 Å². The third-order valence-corrected chi connectivity index (χ3v) is 2.66. The zero-order chi connectivity index (χ0) is 9.80. The van der Waals surface area contributed by atoms with Gasteiger partial charge in [-0.1, -0.05) is 0 Å². The van der Waals surface area contributed by atoms with Gasteiger partial charge in [-0.2, -0.15) is 5.10 Å². The van der Waals surface area contributed by atoms with E-state index in [1.165, 1.54) is 19.3 Å². The highest BCUT2D eigenvalue weighted by atomic mass is 16.5. The van der Waals surface area contributed by atoms with Crippen LogP contribution >= 0.6 is 0 Å². The van der Waals surface area contributed by atoms with E-state index < -0.39 is 0 Å². The van der Waals surface area contributed by atoms with Crippen LogP contribution in [0.5, 0.6) is 0 Å². The number of aryl methyl sites for hydroxylation is 1. The summed E-state index contributed by atoms with van der Waals surface area (Å²) < 4.78 is 5.64. The summed E-state index contributed by atoms with van der Waals surface area (Å²) in [5.41, 5.74) is 6.62. The molecule has 4 nitrogen and oxygen atoms in total. The Kier molecular flexibility index (Phi) is 3.03. The van der Waals surface area contributed by atoms with E-state index in [2.05, 4.69) is 10.2 Å². The van der Waals surface area contributed by atoms with Gasteiger partial charge in [0.25, 0.3) is 0 Å². The first-order chi connectivity index (χ1) is 6.84. The number of nitrogens with two attached hydrogens (primary N) is 1. The lowest BCUT2D eigenvalue weighted by molar-refractivity contribution is 0.0113. The van der Waals surface area contributed by atoms with Crippen LogP contribution in [-0.2, 0) is 11.2 Å². The number of anilines is 1. The lowest BCUT2D eigenvalue weighted by atomic mass is 10.0. The molecule has 0 radical (unpaired) electrons. The van der Waals surface area contributed by atoms with Crippen LogP contribution in [0, 0.1) is 0 Å². The molecule has 1 aromatic rings. The van der Waals surface area contributed by atoms with Gasteiger partial charge in [0.05, 0.1) is 6.10 Å². The maximum atomic E-state index is 5.64. The maximum absolute atomic E-state index is 5.64. The summed E-state index contributed by atoms with van der Waals surface area (Å²) in [5.74, 6) is 0.574. The summed E-state index contributed by atoms with van der Waals surface area (Å²) in [6, 6.07) is 1.89. The molecule has 1 aromatic heterocycles. The molecule has 0 aliphatic carbocycles. The SMILES string of the molecule is Nc1cc(CCC2CCCCO2)[nH]n1. The normalized spacial score (nSPS) is 22.4. The summed E-state index contributed by atoms with van der Waals surface area (Å²) in [6.07, 6.45) is 6.21. The molecular weight excluding hydrogens is 178 g/mol. The van der Waals surface area contributed by atoms with E-state index in [0.717, 1.165) is 25.1 Å². The Bertz CT molecular complexity index is 279. The monoisotopic (exact) mass is 195 g/mol. The van der Waals surface area contributed by atoms with Gasteiger partial charge in [-0.3, -0.25) is 5.10 Å². The number of nitrogens with one attached hydrogen (secondary N) is 1. The lowest BCUT2D eigenvalue weighted by Gasteiger charge is -2.21. The molecule has 0 amide bonds. The van der Waals surface area contributed by atoms with Crippen molar-refractivity contribution < 1.29 is 4.74 Å². The lowest BCUT2D eigenvalue weighted by Crippen LogP contribution is -2.19. The van der Waals surface area contributed by atoms with Gasteiger partial charge in [0.15, 0.2) is 0 Å². The molecule has 1 aliphatic heterocycles. The van der Waals surface area contributed by atoms with E-state index in [1.54, 1.807) is 0 Å². The highest BCUT2D eigenvalue weighted by Crippen LogP contribution is 2.17. The summed E-state index contributed by atoms with van der Waals surface area (Å²) in [4.78, 5) is 0. The zero-order valence-corrected chi connectivity index (χ0v) is 8.33. The number of hydrogen-bond acceptors (Lipinski definition) is 3. The molecule has 0 spiro atoms. The Balaban J connectivity index is 1.76. The number of nitrogens with zero attached hydrogens (tertiary/aromatic N) is 1. The first-order valence-corrected chi connectivity index (χ1v) is 5.26. The van der Waals surface area contributed by atoms with Crippen molar-refractivity contribution in [1.29, 1.82) is 0 Å². The van der Waals surface area contributed by atoms with E-state index in [0.29, 0.717) is 11.9 Å². The van der Waals surface area contributed by atoms with Crippen LogP contribution in [0.15, 0.2) is 6.07 Å². The molecule has 3 N–H and O–H groups in total. The average molecular weight is 195 g/mol. The minimum absolute atomic E-state index is 0.438. The topological polar surface area (TPSA) is 63.9 Å². The van der Waals surface area contributed by atoms with Crippen molar-refractivity contribution in [1.82, 2.24) is 10.2 Å². The predicted molar refractivity (Wildman–Crippen MR) is 54.9 cm³/mol. The minimum Gasteiger partial charge on any atom is -0.382 e. The van der Waals surface area contributed by atoms with Crippen molar-refractivity contribution in [2.75, 3.05) is 12.3 Å². The number of aromatic amines is 1. The Morgan fingerprint density at radius 1 is 1.57 bits per heavy atom. The first-order valence-electron chi connectivity index (χ1n) is 5.26. The van der Waals surface area contributed by atoms with Gasteiger partial charge in [0.2, 0.25) is 0 Å². The van der Waals surface area contributed by atoms with Gasteiger partial charge < -0.3 is 10.5 Å². The zero-order valence-electron chi connectivity index (χ0n) is 8.33. The van der Waals surface area contributed by atoms with Gasteiger partial charge in [-0.25, -0.2) is 0 Å². The summed E-state index contributed by atoms with van der Waals surface area (Å²) in [6.45, 7) is 0.926. The summed E-state index contributed by atoms with van der Waals surface area (Å²) in [5, 5.41) is 6.81. The molecule has 0 aromatic carbocycles. The number of hydrogen-bond donors (Lipinski definition) is 2. The second-order valence-corrected chi connectivity index (χ2v) is 3.85. The van der Waals surface area contributed by atoms with Gasteiger partial charge in [-0.05, 0) is 32.1 Å². The second kappa shape index (κ2) is 4.46. The Hall–Kier alpha value is -1.03. The smallest absolute Gasteiger partial charge is 0.145 e. The van der Waals surface area contributed by atoms with Crippen LogP contribution in [0.25, 0.3) is 0 Å². The molecule has 2 rings (SSSR count). The van der Waals surface area contributed by atoms with Crippen molar-refractivity contribution in [2.45, 2.75) is 38.2 Å². The van der Waals surface area contributed by atoms with E-state index >= 15 is 0 Å². The van der Waals surface area contributed by atoms with Gasteiger partial charge in [0, 0.05) is 18.4 Å².